The van der Waals surface area contributed by atoms with Crippen LogP contribution in [0.25, 0.3) is 6.08 Å². The fourth-order valence-electron chi connectivity index (χ4n) is 4.99. The second-order valence-corrected chi connectivity index (χ2v) is 7.89. The summed E-state index contributed by atoms with van der Waals surface area (Å²) in [6.45, 7) is 4.38. The first-order valence-electron chi connectivity index (χ1n) is 10.5. The Labute approximate surface area is 178 Å². The van der Waals surface area contributed by atoms with Crippen LogP contribution in [0.1, 0.15) is 48.9 Å². The van der Waals surface area contributed by atoms with Crippen LogP contribution in [0.15, 0.2) is 48.7 Å². The Morgan fingerprint density at radius 3 is 2.47 bits per heavy atom. The van der Waals surface area contributed by atoms with E-state index in [4.69, 9.17) is 14.2 Å². The first-order valence-corrected chi connectivity index (χ1v) is 10.5. The second kappa shape index (κ2) is 8.42. The zero-order chi connectivity index (χ0) is 21.3. The van der Waals surface area contributed by atoms with Crippen molar-refractivity contribution in [2.24, 2.45) is 5.92 Å². The molecule has 0 saturated carbocycles. The largest absolute Gasteiger partial charge is 0.493 e. The minimum Gasteiger partial charge on any atom is -0.493 e. The highest BCUT2D eigenvalue weighted by atomic mass is 16.5. The van der Waals surface area contributed by atoms with E-state index in [0.29, 0.717) is 6.61 Å². The van der Waals surface area contributed by atoms with E-state index in [1.54, 1.807) is 14.2 Å². The zero-order valence-electron chi connectivity index (χ0n) is 18.0. The lowest BCUT2D eigenvalue weighted by molar-refractivity contribution is -0.153. The molecule has 2 aliphatic rings. The molecule has 2 aromatic carbocycles. The van der Waals surface area contributed by atoms with Gasteiger partial charge in [0.2, 0.25) is 0 Å². The summed E-state index contributed by atoms with van der Waals surface area (Å²) in [6.07, 6.45) is 5.02. The summed E-state index contributed by atoms with van der Waals surface area (Å²) in [7, 11) is 3.31. The molecule has 30 heavy (non-hydrogen) atoms. The number of hydrogen-bond acceptors (Lipinski definition) is 5. The van der Waals surface area contributed by atoms with Gasteiger partial charge in [-0.1, -0.05) is 30.3 Å². The number of carbonyl (C=O) groups excluding carboxylic acids is 1. The maximum Gasteiger partial charge on any atom is 0.311 e. The van der Waals surface area contributed by atoms with E-state index in [2.05, 4.69) is 42.3 Å². The summed E-state index contributed by atoms with van der Waals surface area (Å²) in [5, 5.41) is 0. The molecule has 4 atom stereocenters. The number of carbonyl (C=O) groups is 1. The van der Waals surface area contributed by atoms with Crippen molar-refractivity contribution in [3.63, 3.8) is 0 Å². The van der Waals surface area contributed by atoms with Crippen molar-refractivity contribution in [2.45, 2.75) is 38.3 Å². The average Bonchev–Trinajstić information content (AvgIpc) is 2.78. The van der Waals surface area contributed by atoms with Crippen molar-refractivity contribution in [3.05, 3.63) is 65.4 Å². The Morgan fingerprint density at radius 2 is 1.80 bits per heavy atom. The first-order chi connectivity index (χ1) is 14.6. The third-order valence-electron chi connectivity index (χ3n) is 6.42. The molecule has 158 valence electrons. The van der Waals surface area contributed by atoms with E-state index in [0.717, 1.165) is 23.5 Å². The van der Waals surface area contributed by atoms with Gasteiger partial charge in [-0.25, -0.2) is 0 Å². The van der Waals surface area contributed by atoms with Crippen LogP contribution < -0.4 is 9.47 Å². The van der Waals surface area contributed by atoms with Crippen molar-refractivity contribution in [1.29, 1.82) is 0 Å². The Balaban J connectivity index is 1.78. The Bertz CT molecular complexity index is 940. The molecule has 0 bridgehead atoms. The summed E-state index contributed by atoms with van der Waals surface area (Å²) >= 11 is 0. The van der Waals surface area contributed by atoms with Gasteiger partial charge in [0.25, 0.3) is 0 Å². The number of rotatable bonds is 5. The van der Waals surface area contributed by atoms with E-state index in [1.165, 1.54) is 11.1 Å². The molecule has 0 aliphatic carbocycles. The van der Waals surface area contributed by atoms with Gasteiger partial charge in [-0.15, -0.1) is 0 Å². The molecule has 0 amide bonds. The fraction of sp³-hybridized carbons (Fsp3) is 0.400. The molecule has 0 unspecified atom stereocenters. The highest BCUT2D eigenvalue weighted by Crippen LogP contribution is 2.50. The van der Waals surface area contributed by atoms with E-state index in [-0.39, 0.29) is 29.9 Å². The van der Waals surface area contributed by atoms with Crippen molar-refractivity contribution >= 4 is 12.0 Å². The number of ether oxygens (including phenoxy) is 3. The number of hydrogen-bond donors (Lipinski definition) is 0. The standard InChI is InChI=1S/C25H29NO4/c1-5-30-25(27)24-16(2)26-12-11-18-13-22(28-3)23(29-4)15-19(18)21(26)14-20(24)17-9-7-6-8-10-17/h6-13,15-16,20-21,24H,5,14H2,1-4H3/t16-,20+,21+,24+/m0/s1. The third kappa shape index (κ3) is 3.42. The highest BCUT2D eigenvalue weighted by molar-refractivity contribution is 5.75. The lowest BCUT2D eigenvalue weighted by atomic mass is 9.71. The average molecular weight is 408 g/mol. The van der Waals surface area contributed by atoms with Crippen LogP contribution in [-0.4, -0.2) is 37.7 Å². The summed E-state index contributed by atoms with van der Waals surface area (Å²) in [4.78, 5) is 15.3. The summed E-state index contributed by atoms with van der Waals surface area (Å²) in [5.41, 5.74) is 3.51. The number of benzene rings is 2. The quantitative estimate of drug-likeness (QED) is 0.667. The maximum absolute atomic E-state index is 13.0. The van der Waals surface area contributed by atoms with E-state index < -0.39 is 0 Å². The summed E-state index contributed by atoms with van der Waals surface area (Å²) in [6, 6.07) is 14.6. The van der Waals surface area contributed by atoms with E-state index in [9.17, 15) is 4.79 Å². The Hall–Kier alpha value is -2.95. The molecule has 5 nitrogen and oxygen atoms in total. The van der Waals surface area contributed by atoms with Gasteiger partial charge >= 0.3 is 5.97 Å². The predicted octanol–water partition coefficient (Wildman–Crippen LogP) is 4.79. The number of esters is 1. The maximum atomic E-state index is 13.0. The van der Waals surface area contributed by atoms with Crippen LogP contribution in [0.5, 0.6) is 11.5 Å². The molecule has 0 aromatic heterocycles. The lowest BCUT2D eigenvalue weighted by Crippen LogP contribution is -2.50. The van der Waals surface area contributed by atoms with Gasteiger partial charge in [-0.05, 0) is 55.2 Å². The van der Waals surface area contributed by atoms with Crippen LogP contribution in [-0.2, 0) is 9.53 Å². The normalized spacial score (nSPS) is 24.6. The smallest absolute Gasteiger partial charge is 0.311 e. The fourth-order valence-corrected chi connectivity index (χ4v) is 4.99. The van der Waals surface area contributed by atoms with Gasteiger partial charge in [-0.2, -0.15) is 0 Å². The molecule has 0 spiro atoms. The van der Waals surface area contributed by atoms with Crippen LogP contribution in [0.2, 0.25) is 0 Å². The van der Waals surface area contributed by atoms with Crippen LogP contribution in [0, 0.1) is 5.92 Å². The van der Waals surface area contributed by atoms with E-state index in [1.807, 2.05) is 31.2 Å². The third-order valence-corrected chi connectivity index (χ3v) is 6.42. The first kappa shape index (κ1) is 20.3. The topological polar surface area (TPSA) is 48.0 Å². The van der Waals surface area contributed by atoms with E-state index >= 15 is 0 Å². The van der Waals surface area contributed by atoms with Crippen molar-refractivity contribution in [3.8, 4) is 11.5 Å². The number of methoxy groups -OCH3 is 2. The SMILES string of the molecule is CCOC(=O)[C@H]1[C@@H](c2ccccc2)C[C@@H]2c3cc(OC)c(OC)cc3C=CN2[C@H]1C. The number of piperidine rings is 1. The minimum absolute atomic E-state index is 0.00510. The molecule has 5 heteroatoms. The van der Waals surface area contributed by atoms with Gasteiger partial charge in [0.05, 0.1) is 32.8 Å². The molecule has 0 N–H and O–H groups in total. The Morgan fingerprint density at radius 1 is 1.10 bits per heavy atom. The molecule has 1 fully saturated rings. The van der Waals surface area contributed by atoms with Crippen LogP contribution >= 0.6 is 0 Å². The molecular formula is C25H29NO4. The highest BCUT2D eigenvalue weighted by Gasteiger charge is 2.46. The molecule has 2 aromatic rings. The summed E-state index contributed by atoms with van der Waals surface area (Å²) in [5.74, 6) is 1.18. The molecular weight excluding hydrogens is 378 g/mol. The van der Waals surface area contributed by atoms with Crippen LogP contribution in [0.4, 0.5) is 0 Å². The molecule has 2 heterocycles. The van der Waals surface area contributed by atoms with Crippen LogP contribution in [0.3, 0.4) is 0 Å². The van der Waals surface area contributed by atoms with Gasteiger partial charge in [0, 0.05) is 18.2 Å². The Kier molecular flexibility index (Phi) is 5.71. The molecule has 0 radical (unpaired) electrons. The number of nitrogens with zero attached hydrogens (tertiary/aromatic N) is 1. The van der Waals surface area contributed by atoms with Gasteiger partial charge < -0.3 is 19.1 Å². The van der Waals surface area contributed by atoms with Gasteiger partial charge in [-0.3, -0.25) is 4.79 Å². The molecule has 1 saturated heterocycles. The molecule has 4 rings (SSSR count). The monoisotopic (exact) mass is 407 g/mol. The second-order valence-electron chi connectivity index (χ2n) is 7.89. The number of fused-ring (bicyclic) bond motifs is 3. The van der Waals surface area contributed by atoms with Gasteiger partial charge in [0.15, 0.2) is 11.5 Å². The molecule has 2 aliphatic heterocycles. The predicted molar refractivity (Wildman–Crippen MR) is 117 cm³/mol. The van der Waals surface area contributed by atoms with Crippen molar-refractivity contribution in [2.75, 3.05) is 20.8 Å². The zero-order valence-corrected chi connectivity index (χ0v) is 18.0. The minimum atomic E-state index is -0.227. The van der Waals surface area contributed by atoms with Gasteiger partial charge in [0.1, 0.15) is 0 Å². The summed E-state index contributed by atoms with van der Waals surface area (Å²) < 4.78 is 16.6. The van der Waals surface area contributed by atoms with Crippen molar-refractivity contribution < 1.29 is 19.0 Å². The lowest BCUT2D eigenvalue weighted by Gasteiger charge is -2.49. The van der Waals surface area contributed by atoms with Crippen molar-refractivity contribution in [1.82, 2.24) is 4.90 Å².